The van der Waals surface area contributed by atoms with Crippen LogP contribution in [0.1, 0.15) is 32.6 Å². The number of nitrogens with zero attached hydrogens (tertiary/aromatic N) is 1. The van der Waals surface area contributed by atoms with E-state index in [1.54, 1.807) is 24.3 Å². The van der Waals surface area contributed by atoms with Gasteiger partial charge in [0.1, 0.15) is 16.3 Å². The van der Waals surface area contributed by atoms with Gasteiger partial charge in [-0.1, -0.05) is 64.5 Å². The molecular weight excluding hydrogens is 581 g/mol. The number of hydrogen-bond acceptors (Lipinski definition) is 4. The van der Waals surface area contributed by atoms with Crippen LogP contribution < -0.4 is 10.9 Å². The van der Waals surface area contributed by atoms with Crippen molar-refractivity contribution in [2.45, 2.75) is 9.75 Å². The molecule has 4 amide bonds. The summed E-state index contributed by atoms with van der Waals surface area (Å²) in [5.74, 6) is -4.41. The van der Waals surface area contributed by atoms with Crippen LogP contribution in [-0.2, 0) is 24.1 Å². The Kier molecular flexibility index (Phi) is 5.49. The van der Waals surface area contributed by atoms with Gasteiger partial charge >= 0.3 is 0 Å². The number of nitrogens with one attached hydrogen (secondary N) is 2. The van der Waals surface area contributed by atoms with Crippen molar-refractivity contribution in [3.05, 3.63) is 105 Å². The molecule has 3 aromatic carbocycles. The molecular formula is C27H18BrCl2N3O4. The molecule has 0 spiro atoms. The second-order valence-electron chi connectivity index (χ2n) is 9.24. The number of imide groups is 1. The number of rotatable bonds is 3. The Bertz CT molecular complexity index is 1390. The zero-order valence-electron chi connectivity index (χ0n) is 19.0. The number of carbonyl (C=O) groups is 4. The van der Waals surface area contributed by atoms with Crippen LogP contribution in [0.15, 0.2) is 77.3 Å². The molecule has 4 aliphatic rings. The monoisotopic (exact) mass is 597 g/mol. The number of hydrogen-bond donors (Lipinski definition) is 2. The summed E-state index contributed by atoms with van der Waals surface area (Å²) in [6.45, 7) is -0.585. The van der Waals surface area contributed by atoms with Gasteiger partial charge in [0.25, 0.3) is 11.8 Å². The van der Waals surface area contributed by atoms with Crippen LogP contribution in [0.5, 0.6) is 0 Å². The van der Waals surface area contributed by atoms with Crippen molar-refractivity contribution in [3.63, 3.8) is 0 Å². The van der Waals surface area contributed by atoms with Gasteiger partial charge in [-0.15, -0.1) is 23.2 Å². The zero-order chi connectivity index (χ0) is 26.1. The van der Waals surface area contributed by atoms with Gasteiger partial charge in [-0.05, 0) is 46.5 Å². The van der Waals surface area contributed by atoms with Gasteiger partial charge in [-0.2, -0.15) is 0 Å². The lowest BCUT2D eigenvalue weighted by Crippen LogP contribution is -2.57. The van der Waals surface area contributed by atoms with Crippen molar-refractivity contribution < 1.29 is 19.2 Å². The molecule has 1 heterocycles. The first-order chi connectivity index (χ1) is 17.7. The van der Waals surface area contributed by atoms with E-state index in [0.717, 1.165) is 9.37 Å². The van der Waals surface area contributed by atoms with Crippen LogP contribution in [0, 0.1) is 11.8 Å². The van der Waals surface area contributed by atoms with Gasteiger partial charge in [0.2, 0.25) is 11.8 Å². The molecule has 0 aromatic heterocycles. The van der Waals surface area contributed by atoms with E-state index in [0.29, 0.717) is 27.8 Å². The minimum atomic E-state index is -1.32. The summed E-state index contributed by atoms with van der Waals surface area (Å²) in [7, 11) is 0. The van der Waals surface area contributed by atoms with E-state index in [1.807, 2.05) is 48.5 Å². The quantitative estimate of drug-likeness (QED) is 0.272. The van der Waals surface area contributed by atoms with Gasteiger partial charge in [-0.3, -0.25) is 34.9 Å². The molecule has 2 atom stereocenters. The molecule has 3 aliphatic carbocycles. The molecule has 0 radical (unpaired) electrons. The van der Waals surface area contributed by atoms with E-state index in [2.05, 4.69) is 26.8 Å². The predicted molar refractivity (Wildman–Crippen MR) is 140 cm³/mol. The number of halogens is 3. The highest BCUT2D eigenvalue weighted by molar-refractivity contribution is 9.10. The summed E-state index contributed by atoms with van der Waals surface area (Å²) < 4.78 is 0.799. The maximum absolute atomic E-state index is 13.7. The minimum absolute atomic E-state index is 0.322. The lowest BCUT2D eigenvalue weighted by molar-refractivity contribution is -0.143. The predicted octanol–water partition coefficient (Wildman–Crippen LogP) is 3.80. The molecule has 2 N–H and O–H groups in total. The Balaban J connectivity index is 1.30. The van der Waals surface area contributed by atoms with Crippen molar-refractivity contribution in [1.29, 1.82) is 0 Å². The molecule has 1 aliphatic heterocycles. The highest BCUT2D eigenvalue weighted by Crippen LogP contribution is 2.69. The van der Waals surface area contributed by atoms with E-state index < -0.39 is 51.8 Å². The van der Waals surface area contributed by atoms with Crippen molar-refractivity contribution in [2.75, 3.05) is 6.54 Å². The fourth-order valence-corrected chi connectivity index (χ4v) is 7.23. The Labute approximate surface area is 230 Å². The molecule has 1 fully saturated rings. The van der Waals surface area contributed by atoms with Crippen LogP contribution in [0.4, 0.5) is 0 Å². The number of benzene rings is 3. The molecule has 3 aromatic rings. The third-order valence-electron chi connectivity index (χ3n) is 7.40. The molecule has 7 rings (SSSR count). The molecule has 7 nitrogen and oxygen atoms in total. The fraction of sp³-hybridized carbons (Fsp3) is 0.185. The smallest absolute Gasteiger partial charge is 0.269 e. The molecule has 37 heavy (non-hydrogen) atoms. The van der Waals surface area contributed by atoms with Gasteiger partial charge in [0.15, 0.2) is 0 Å². The third-order valence-corrected chi connectivity index (χ3v) is 9.21. The first-order valence-corrected chi connectivity index (χ1v) is 13.0. The second kappa shape index (κ2) is 8.41. The largest absolute Gasteiger partial charge is 0.274 e. The normalized spacial score (nSPS) is 26.8. The van der Waals surface area contributed by atoms with Crippen LogP contribution in [0.2, 0.25) is 0 Å². The summed E-state index contributed by atoms with van der Waals surface area (Å²) in [6.07, 6.45) is 0. The molecule has 10 heteroatoms. The van der Waals surface area contributed by atoms with Crippen LogP contribution >= 0.6 is 39.1 Å². The van der Waals surface area contributed by atoms with Gasteiger partial charge < -0.3 is 0 Å². The van der Waals surface area contributed by atoms with Crippen molar-refractivity contribution in [3.8, 4) is 0 Å². The summed E-state index contributed by atoms with van der Waals surface area (Å²) in [5, 5.41) is 0. The number of hydrazine groups is 1. The van der Waals surface area contributed by atoms with Crippen molar-refractivity contribution in [1.82, 2.24) is 15.8 Å². The molecule has 0 unspecified atom stereocenters. The maximum Gasteiger partial charge on any atom is 0.269 e. The average Bonchev–Trinajstić information content (AvgIpc) is 3.16. The highest BCUT2D eigenvalue weighted by atomic mass is 79.9. The van der Waals surface area contributed by atoms with Crippen LogP contribution in [-0.4, -0.2) is 35.1 Å². The SMILES string of the molecule is O=C(CN1C(=O)[C@@H]2[C@@H](C1=O)C1(Cl)c3ccccc3C2(Cl)c2ccccc21)NNC(=O)c1ccc(Br)cc1. The molecule has 0 saturated carbocycles. The molecule has 186 valence electrons. The van der Waals surface area contributed by atoms with Gasteiger partial charge in [0.05, 0.1) is 11.8 Å². The summed E-state index contributed by atoms with van der Waals surface area (Å²) in [6, 6.07) is 21.1. The summed E-state index contributed by atoms with van der Waals surface area (Å²) in [5.41, 5.74) is 7.62. The van der Waals surface area contributed by atoms with Crippen LogP contribution in [0.3, 0.4) is 0 Å². The molecule has 2 bridgehead atoms. The van der Waals surface area contributed by atoms with E-state index >= 15 is 0 Å². The Morgan fingerprint density at radius 3 is 1.62 bits per heavy atom. The molecule has 1 saturated heterocycles. The Hall–Kier alpha value is -3.20. The summed E-state index contributed by atoms with van der Waals surface area (Å²) >= 11 is 18.0. The maximum atomic E-state index is 13.7. The summed E-state index contributed by atoms with van der Waals surface area (Å²) in [4.78, 5) is 50.8. The first kappa shape index (κ1) is 24.2. The second-order valence-corrected chi connectivity index (χ2v) is 11.3. The number of likely N-dealkylation sites (tertiary alicyclic amines) is 1. The highest BCUT2D eigenvalue weighted by Gasteiger charge is 2.73. The Morgan fingerprint density at radius 1 is 0.757 bits per heavy atom. The number of amides is 4. The Morgan fingerprint density at radius 2 is 1.19 bits per heavy atom. The van der Waals surface area contributed by atoms with Gasteiger partial charge in [-0.25, -0.2) is 0 Å². The van der Waals surface area contributed by atoms with E-state index in [-0.39, 0.29) is 0 Å². The van der Waals surface area contributed by atoms with Crippen LogP contribution in [0.25, 0.3) is 0 Å². The number of carbonyl (C=O) groups excluding carboxylic acids is 4. The van der Waals surface area contributed by atoms with E-state index in [1.165, 1.54) is 0 Å². The van der Waals surface area contributed by atoms with E-state index in [9.17, 15) is 19.2 Å². The van der Waals surface area contributed by atoms with Gasteiger partial charge in [0, 0.05) is 10.0 Å². The lowest BCUT2D eigenvalue weighted by atomic mass is 9.54. The standard InChI is InChI=1S/C27H18BrCl2N3O4/c28-15-11-9-14(10-12-15)23(35)32-31-20(34)13-33-24(36)21-22(25(33)37)27(30)17-6-2-1-5-16(17)26(21,29)18-7-3-4-8-19(18)27/h1-12,21-22H,13H2,(H,31,34)(H,32,35)/t21-,22-,26?,27?/m0/s1. The third kappa shape index (κ3) is 3.25. The van der Waals surface area contributed by atoms with E-state index in [4.69, 9.17) is 23.2 Å². The minimum Gasteiger partial charge on any atom is -0.274 e. The number of alkyl halides is 2. The fourth-order valence-electron chi connectivity index (χ4n) is 5.86. The van der Waals surface area contributed by atoms with Crippen molar-refractivity contribution >= 4 is 62.8 Å². The topological polar surface area (TPSA) is 95.6 Å². The van der Waals surface area contributed by atoms with Crippen molar-refractivity contribution in [2.24, 2.45) is 11.8 Å². The zero-order valence-corrected chi connectivity index (χ0v) is 22.1. The lowest BCUT2D eigenvalue weighted by Gasteiger charge is -2.54. The first-order valence-electron chi connectivity index (χ1n) is 11.5. The average molecular weight is 599 g/mol.